The fourth-order valence-corrected chi connectivity index (χ4v) is 4.27. The van der Waals surface area contributed by atoms with Crippen LogP contribution >= 0.6 is 23.4 Å². The zero-order valence-corrected chi connectivity index (χ0v) is 14.8. The maximum atomic E-state index is 12.9. The summed E-state index contributed by atoms with van der Waals surface area (Å²) in [5, 5.41) is 0.665. The highest BCUT2D eigenvalue weighted by Crippen LogP contribution is 2.21. The second-order valence-corrected chi connectivity index (χ2v) is 7.59. The molecule has 2 fully saturated rings. The third kappa shape index (κ3) is 4.63. The van der Waals surface area contributed by atoms with Crippen LogP contribution in [0.1, 0.15) is 16.8 Å². The normalized spacial score (nSPS) is 23.5. The molecule has 0 spiro atoms. The van der Waals surface area contributed by atoms with Gasteiger partial charge in [-0.1, -0.05) is 11.6 Å². The number of morpholine rings is 1. The van der Waals surface area contributed by atoms with Crippen LogP contribution < -0.4 is 0 Å². The first kappa shape index (κ1) is 17.1. The Kier molecular flexibility index (Phi) is 6.22. The smallest absolute Gasteiger partial charge is 0.254 e. The standard InChI is InChI=1S/C17H23ClN2O2S/c18-15-4-2-14(3-5-15)17(21)20-6-1-11-23-13-16(20)12-19-7-9-22-10-8-19/h2-5,16H,1,6-13H2/t16-/m1/s1. The number of hydrogen-bond acceptors (Lipinski definition) is 4. The van der Waals surface area contributed by atoms with Gasteiger partial charge in [0.05, 0.1) is 19.3 Å². The maximum Gasteiger partial charge on any atom is 0.254 e. The molecular weight excluding hydrogens is 332 g/mol. The monoisotopic (exact) mass is 354 g/mol. The van der Waals surface area contributed by atoms with Gasteiger partial charge in [-0.25, -0.2) is 0 Å². The predicted molar refractivity (Wildman–Crippen MR) is 95.5 cm³/mol. The molecule has 2 heterocycles. The van der Waals surface area contributed by atoms with Crippen LogP contribution in [-0.2, 0) is 4.74 Å². The maximum absolute atomic E-state index is 12.9. The summed E-state index contributed by atoms with van der Waals surface area (Å²) in [7, 11) is 0. The molecule has 0 aliphatic carbocycles. The summed E-state index contributed by atoms with van der Waals surface area (Å²) in [6.07, 6.45) is 1.06. The second kappa shape index (κ2) is 8.38. The molecule has 2 aliphatic heterocycles. The molecule has 0 unspecified atom stereocenters. The number of thioether (sulfide) groups is 1. The van der Waals surface area contributed by atoms with Crippen LogP contribution in [0.25, 0.3) is 0 Å². The van der Waals surface area contributed by atoms with E-state index in [0.717, 1.165) is 62.9 Å². The molecule has 1 amide bonds. The van der Waals surface area contributed by atoms with Crippen LogP contribution in [0.3, 0.4) is 0 Å². The Balaban J connectivity index is 1.72. The third-order valence-electron chi connectivity index (χ3n) is 4.36. The number of carbonyl (C=O) groups excluding carboxylic acids is 1. The van der Waals surface area contributed by atoms with Gasteiger partial charge < -0.3 is 9.64 Å². The minimum atomic E-state index is 0.127. The Morgan fingerprint density at radius 2 is 1.96 bits per heavy atom. The summed E-state index contributed by atoms with van der Waals surface area (Å²) >= 11 is 7.90. The van der Waals surface area contributed by atoms with E-state index < -0.39 is 0 Å². The Bertz CT molecular complexity index is 520. The number of nitrogens with zero attached hydrogens (tertiary/aromatic N) is 2. The zero-order valence-electron chi connectivity index (χ0n) is 13.2. The number of hydrogen-bond donors (Lipinski definition) is 0. The molecule has 3 rings (SSSR count). The summed E-state index contributed by atoms with van der Waals surface area (Å²) in [4.78, 5) is 17.4. The largest absolute Gasteiger partial charge is 0.379 e. The van der Waals surface area contributed by atoms with Gasteiger partial charge in [-0.15, -0.1) is 0 Å². The first-order valence-corrected chi connectivity index (χ1v) is 9.72. The molecule has 0 bridgehead atoms. The van der Waals surface area contributed by atoms with Crippen LogP contribution in [0.15, 0.2) is 24.3 Å². The molecule has 23 heavy (non-hydrogen) atoms. The number of rotatable bonds is 3. The Morgan fingerprint density at radius 1 is 1.22 bits per heavy atom. The van der Waals surface area contributed by atoms with Gasteiger partial charge >= 0.3 is 0 Å². The molecule has 1 aromatic carbocycles. The fourth-order valence-electron chi connectivity index (χ4n) is 3.09. The van der Waals surface area contributed by atoms with Gasteiger partial charge in [0.15, 0.2) is 0 Å². The minimum absolute atomic E-state index is 0.127. The first-order chi connectivity index (χ1) is 11.2. The zero-order chi connectivity index (χ0) is 16.1. The van der Waals surface area contributed by atoms with Crippen molar-refractivity contribution in [1.29, 1.82) is 0 Å². The average Bonchev–Trinajstić information content (AvgIpc) is 2.81. The van der Waals surface area contributed by atoms with Crippen LogP contribution in [0.2, 0.25) is 5.02 Å². The molecule has 2 aliphatic rings. The van der Waals surface area contributed by atoms with Gasteiger partial charge in [-0.2, -0.15) is 11.8 Å². The van der Waals surface area contributed by atoms with Crippen LogP contribution in [0.5, 0.6) is 0 Å². The Labute approximate surface area is 147 Å². The molecule has 2 saturated heterocycles. The quantitative estimate of drug-likeness (QED) is 0.835. The van der Waals surface area contributed by atoms with E-state index in [1.165, 1.54) is 0 Å². The molecular formula is C17H23ClN2O2S. The summed E-state index contributed by atoms with van der Waals surface area (Å²) in [5.41, 5.74) is 0.730. The number of halogens is 1. The van der Waals surface area contributed by atoms with Gasteiger partial charge in [-0.05, 0) is 36.4 Å². The predicted octanol–water partition coefficient (Wildman–Crippen LogP) is 2.62. The Morgan fingerprint density at radius 3 is 2.70 bits per heavy atom. The van der Waals surface area contributed by atoms with E-state index in [4.69, 9.17) is 16.3 Å². The highest BCUT2D eigenvalue weighted by molar-refractivity contribution is 7.99. The molecule has 126 valence electrons. The molecule has 6 heteroatoms. The number of amides is 1. The van der Waals surface area contributed by atoms with Crippen molar-refractivity contribution in [3.8, 4) is 0 Å². The van der Waals surface area contributed by atoms with Crippen molar-refractivity contribution in [3.05, 3.63) is 34.9 Å². The van der Waals surface area contributed by atoms with Gasteiger partial charge in [0.1, 0.15) is 0 Å². The SMILES string of the molecule is O=C(c1ccc(Cl)cc1)N1CCCSC[C@H]1CN1CCOCC1. The van der Waals surface area contributed by atoms with Crippen molar-refractivity contribution < 1.29 is 9.53 Å². The highest BCUT2D eigenvalue weighted by atomic mass is 35.5. The summed E-state index contributed by atoms with van der Waals surface area (Å²) in [6.45, 7) is 5.30. The number of carbonyl (C=O) groups is 1. The topological polar surface area (TPSA) is 32.8 Å². The summed E-state index contributed by atoms with van der Waals surface area (Å²) in [5.74, 6) is 2.27. The van der Waals surface area contributed by atoms with Crippen molar-refractivity contribution in [2.45, 2.75) is 12.5 Å². The Hall–Kier alpha value is -0.750. The summed E-state index contributed by atoms with van der Waals surface area (Å²) in [6, 6.07) is 7.50. The van der Waals surface area contributed by atoms with E-state index in [2.05, 4.69) is 9.80 Å². The molecule has 0 radical (unpaired) electrons. The van der Waals surface area contributed by atoms with E-state index in [9.17, 15) is 4.79 Å². The van der Waals surface area contributed by atoms with E-state index in [1.807, 2.05) is 23.9 Å². The number of ether oxygens (including phenoxy) is 1. The van der Waals surface area contributed by atoms with Crippen molar-refractivity contribution >= 4 is 29.3 Å². The molecule has 1 aromatic rings. The first-order valence-electron chi connectivity index (χ1n) is 8.18. The molecule has 0 saturated carbocycles. The molecule has 0 N–H and O–H groups in total. The molecule has 1 atom stereocenters. The average molecular weight is 355 g/mol. The van der Waals surface area contributed by atoms with Crippen LogP contribution in [-0.4, -0.2) is 72.6 Å². The van der Waals surface area contributed by atoms with Crippen LogP contribution in [0.4, 0.5) is 0 Å². The van der Waals surface area contributed by atoms with Crippen molar-refractivity contribution in [2.75, 3.05) is 50.9 Å². The van der Waals surface area contributed by atoms with Crippen molar-refractivity contribution in [2.24, 2.45) is 0 Å². The van der Waals surface area contributed by atoms with E-state index in [0.29, 0.717) is 5.02 Å². The van der Waals surface area contributed by atoms with Crippen molar-refractivity contribution in [3.63, 3.8) is 0 Å². The lowest BCUT2D eigenvalue weighted by atomic mass is 10.1. The second-order valence-electron chi connectivity index (χ2n) is 6.00. The number of benzene rings is 1. The fraction of sp³-hybridized carbons (Fsp3) is 0.588. The lowest BCUT2D eigenvalue weighted by molar-refractivity contribution is 0.0245. The van der Waals surface area contributed by atoms with Gasteiger partial charge in [0.2, 0.25) is 0 Å². The van der Waals surface area contributed by atoms with Crippen LogP contribution in [0, 0.1) is 0 Å². The van der Waals surface area contributed by atoms with E-state index in [1.54, 1.807) is 12.1 Å². The molecule has 0 aromatic heterocycles. The lowest BCUT2D eigenvalue weighted by Crippen LogP contribution is -2.50. The van der Waals surface area contributed by atoms with E-state index in [-0.39, 0.29) is 11.9 Å². The van der Waals surface area contributed by atoms with Gasteiger partial charge in [-0.3, -0.25) is 9.69 Å². The third-order valence-corrected chi connectivity index (χ3v) is 5.81. The van der Waals surface area contributed by atoms with Crippen molar-refractivity contribution in [1.82, 2.24) is 9.80 Å². The molecule has 4 nitrogen and oxygen atoms in total. The summed E-state index contributed by atoms with van der Waals surface area (Å²) < 4.78 is 5.43. The minimum Gasteiger partial charge on any atom is -0.379 e. The van der Waals surface area contributed by atoms with E-state index >= 15 is 0 Å². The lowest BCUT2D eigenvalue weighted by Gasteiger charge is -2.35. The van der Waals surface area contributed by atoms with Gasteiger partial charge in [0.25, 0.3) is 5.91 Å². The van der Waals surface area contributed by atoms with Gasteiger partial charge in [0, 0.05) is 42.5 Å². The highest BCUT2D eigenvalue weighted by Gasteiger charge is 2.28.